The minimum atomic E-state index is -0.770. The van der Waals surface area contributed by atoms with Gasteiger partial charge in [0.25, 0.3) is 5.91 Å². The number of hydroxylamine groups is 1. The van der Waals surface area contributed by atoms with Crippen molar-refractivity contribution in [2.75, 3.05) is 37.8 Å². The van der Waals surface area contributed by atoms with Gasteiger partial charge in [-0.3, -0.25) is 15.1 Å². The number of cyclic esters (lactones) is 1. The Morgan fingerprint density at radius 3 is 2.67 bits per heavy atom. The van der Waals surface area contributed by atoms with E-state index in [1.165, 1.54) is 6.08 Å². The topological polar surface area (TPSA) is 108 Å². The number of fused-ring (bicyclic) bond motifs is 1. The van der Waals surface area contributed by atoms with Crippen molar-refractivity contribution in [2.24, 2.45) is 0 Å². The summed E-state index contributed by atoms with van der Waals surface area (Å²) >= 11 is 8.08. The molecule has 0 aliphatic carbocycles. The van der Waals surface area contributed by atoms with E-state index in [4.69, 9.17) is 21.2 Å². The maximum absolute atomic E-state index is 12.6. The van der Waals surface area contributed by atoms with E-state index >= 15 is 0 Å². The first-order valence-corrected chi connectivity index (χ1v) is 12.2. The molecule has 0 spiro atoms. The standard InChI is InChI=1S/C23H27ClN2O6S/c24-22-17-13-16(25-32-15-20(29)26-8-11-33-12-9-26)7-5-3-1-2-4-6-10-31-23(30)21(17)18(27)14-19(22)28/h2,4-5,7,13-14,25,27-28H,1,3,6,8-12,15H2/b4-2?,7-5+,16-13-. The number of allylic oxidation sites excluding steroid dienone is 3. The molecule has 2 aliphatic heterocycles. The molecule has 0 radical (unpaired) electrons. The Hall–Kier alpha value is -2.62. The van der Waals surface area contributed by atoms with Crippen molar-refractivity contribution >= 4 is 41.3 Å². The summed E-state index contributed by atoms with van der Waals surface area (Å²) in [5.74, 6) is 0.0607. The maximum atomic E-state index is 12.6. The van der Waals surface area contributed by atoms with Gasteiger partial charge in [0.15, 0.2) is 6.61 Å². The molecule has 2 heterocycles. The quantitative estimate of drug-likeness (QED) is 0.331. The van der Waals surface area contributed by atoms with Crippen LogP contribution in [0.4, 0.5) is 0 Å². The van der Waals surface area contributed by atoms with Gasteiger partial charge in [0.05, 0.1) is 17.3 Å². The molecule has 1 amide bonds. The summed E-state index contributed by atoms with van der Waals surface area (Å²) < 4.78 is 5.26. The zero-order valence-corrected chi connectivity index (χ0v) is 19.7. The predicted octanol–water partition coefficient (Wildman–Crippen LogP) is 3.64. The fraction of sp³-hybridized carbons (Fsp3) is 0.391. The number of halogens is 1. The number of esters is 1. The molecule has 1 aromatic carbocycles. The highest BCUT2D eigenvalue weighted by atomic mass is 35.5. The summed E-state index contributed by atoms with van der Waals surface area (Å²) in [7, 11) is 0. The smallest absolute Gasteiger partial charge is 0.342 e. The number of amides is 1. The number of aromatic hydroxyl groups is 2. The lowest BCUT2D eigenvalue weighted by molar-refractivity contribution is -0.137. The largest absolute Gasteiger partial charge is 0.507 e. The van der Waals surface area contributed by atoms with Gasteiger partial charge in [0.1, 0.15) is 17.1 Å². The van der Waals surface area contributed by atoms with Crippen LogP contribution < -0.4 is 5.48 Å². The molecule has 1 fully saturated rings. The maximum Gasteiger partial charge on any atom is 0.342 e. The lowest BCUT2D eigenvalue weighted by Gasteiger charge is -2.26. The van der Waals surface area contributed by atoms with Crippen LogP contribution in [0.2, 0.25) is 5.02 Å². The summed E-state index contributed by atoms with van der Waals surface area (Å²) in [6.07, 6.45) is 11.1. The number of ether oxygens (including phenoxy) is 1. The number of hydrogen-bond donors (Lipinski definition) is 3. The number of benzene rings is 1. The van der Waals surface area contributed by atoms with Crippen LogP contribution in [0.25, 0.3) is 6.08 Å². The van der Waals surface area contributed by atoms with Crippen molar-refractivity contribution in [1.82, 2.24) is 10.4 Å². The van der Waals surface area contributed by atoms with E-state index in [-0.39, 0.29) is 41.0 Å². The molecule has 2 aliphatic rings. The van der Waals surface area contributed by atoms with E-state index in [0.717, 1.165) is 30.4 Å². The van der Waals surface area contributed by atoms with Crippen LogP contribution in [0.3, 0.4) is 0 Å². The number of carbonyl (C=O) groups excluding carboxylic acids is 2. The normalized spacial score (nSPS) is 20.1. The van der Waals surface area contributed by atoms with Crippen LogP contribution in [-0.4, -0.2) is 64.8 Å². The van der Waals surface area contributed by atoms with Gasteiger partial charge in [-0.15, -0.1) is 0 Å². The SMILES string of the molecule is O=C1OCCC=CCC/C=C/C(NOCC(=O)N2CCSCC2)=C/c2c(Cl)c(O)cc(O)c21. The Morgan fingerprint density at radius 1 is 1.15 bits per heavy atom. The lowest BCUT2D eigenvalue weighted by Crippen LogP contribution is -2.40. The second-order valence-electron chi connectivity index (χ2n) is 7.38. The number of nitrogens with one attached hydrogen (secondary N) is 1. The molecule has 0 bridgehead atoms. The van der Waals surface area contributed by atoms with E-state index in [1.54, 1.807) is 11.0 Å². The molecule has 33 heavy (non-hydrogen) atoms. The molecule has 0 atom stereocenters. The van der Waals surface area contributed by atoms with E-state index in [0.29, 0.717) is 25.2 Å². The van der Waals surface area contributed by atoms with Gasteiger partial charge in [-0.05, 0) is 31.4 Å². The average Bonchev–Trinajstić information content (AvgIpc) is 2.80. The van der Waals surface area contributed by atoms with Crippen LogP contribution in [0.15, 0.2) is 36.1 Å². The van der Waals surface area contributed by atoms with Crippen molar-refractivity contribution in [3.63, 3.8) is 0 Å². The average molecular weight is 495 g/mol. The molecule has 0 aromatic heterocycles. The molecular weight excluding hydrogens is 468 g/mol. The van der Waals surface area contributed by atoms with Gasteiger partial charge in [0, 0.05) is 36.2 Å². The summed E-state index contributed by atoms with van der Waals surface area (Å²) in [5, 5.41) is 20.3. The number of hydrogen-bond acceptors (Lipinski definition) is 8. The Bertz CT molecular complexity index is 957. The van der Waals surface area contributed by atoms with Crippen molar-refractivity contribution in [1.29, 1.82) is 0 Å². The number of phenolic OH excluding ortho intramolecular Hbond substituents is 2. The lowest BCUT2D eigenvalue weighted by atomic mass is 10.0. The molecule has 10 heteroatoms. The summed E-state index contributed by atoms with van der Waals surface area (Å²) in [6.45, 7) is 1.34. The van der Waals surface area contributed by atoms with Gasteiger partial charge in [-0.1, -0.05) is 29.8 Å². The molecule has 0 saturated carbocycles. The first-order valence-electron chi connectivity index (χ1n) is 10.7. The van der Waals surface area contributed by atoms with Crippen LogP contribution in [0.1, 0.15) is 35.2 Å². The molecule has 3 rings (SSSR count). The molecule has 1 aromatic rings. The highest BCUT2D eigenvalue weighted by molar-refractivity contribution is 7.99. The van der Waals surface area contributed by atoms with Crippen molar-refractivity contribution in [3.8, 4) is 11.5 Å². The number of phenols is 2. The van der Waals surface area contributed by atoms with Gasteiger partial charge >= 0.3 is 5.97 Å². The predicted molar refractivity (Wildman–Crippen MR) is 128 cm³/mol. The first kappa shape index (κ1) is 25.0. The van der Waals surface area contributed by atoms with Crippen LogP contribution in [0.5, 0.6) is 11.5 Å². The van der Waals surface area contributed by atoms with Gasteiger partial charge in [-0.25, -0.2) is 4.79 Å². The summed E-state index contributed by atoms with van der Waals surface area (Å²) in [6, 6.07) is 0.994. The number of nitrogens with zero attached hydrogens (tertiary/aromatic N) is 1. The minimum Gasteiger partial charge on any atom is -0.507 e. The summed E-state index contributed by atoms with van der Waals surface area (Å²) in [4.78, 5) is 32.2. The first-order chi connectivity index (χ1) is 16.0. The Labute approximate surface area is 201 Å². The van der Waals surface area contributed by atoms with Crippen LogP contribution in [0, 0.1) is 0 Å². The van der Waals surface area contributed by atoms with Gasteiger partial charge in [0.2, 0.25) is 0 Å². The highest BCUT2D eigenvalue weighted by Gasteiger charge is 2.23. The van der Waals surface area contributed by atoms with Crippen molar-refractivity contribution in [2.45, 2.75) is 19.3 Å². The molecule has 1 saturated heterocycles. The molecule has 0 unspecified atom stereocenters. The number of rotatable bonds is 4. The van der Waals surface area contributed by atoms with E-state index < -0.39 is 11.7 Å². The zero-order valence-electron chi connectivity index (χ0n) is 18.1. The van der Waals surface area contributed by atoms with E-state index in [9.17, 15) is 19.8 Å². The van der Waals surface area contributed by atoms with Crippen LogP contribution in [-0.2, 0) is 14.4 Å². The van der Waals surface area contributed by atoms with Crippen molar-refractivity contribution in [3.05, 3.63) is 52.2 Å². The minimum absolute atomic E-state index is 0.0712. The summed E-state index contributed by atoms with van der Waals surface area (Å²) in [5.41, 5.74) is 3.00. The third-order valence-corrected chi connectivity index (χ3v) is 6.34. The number of carbonyl (C=O) groups is 2. The van der Waals surface area contributed by atoms with Gasteiger partial charge in [-0.2, -0.15) is 11.8 Å². The molecule has 8 nitrogen and oxygen atoms in total. The van der Waals surface area contributed by atoms with Crippen LogP contribution >= 0.6 is 23.4 Å². The Balaban J connectivity index is 1.86. The third-order valence-electron chi connectivity index (χ3n) is 5.00. The molecule has 178 valence electrons. The fourth-order valence-corrected chi connectivity index (χ4v) is 4.39. The van der Waals surface area contributed by atoms with Gasteiger partial charge < -0.3 is 19.8 Å². The zero-order chi connectivity index (χ0) is 23.6. The monoisotopic (exact) mass is 494 g/mol. The van der Waals surface area contributed by atoms with E-state index in [1.807, 2.05) is 30.0 Å². The highest BCUT2D eigenvalue weighted by Crippen LogP contribution is 2.38. The van der Waals surface area contributed by atoms with Crippen molar-refractivity contribution < 1.29 is 29.4 Å². The fourth-order valence-electron chi connectivity index (χ4n) is 3.28. The molecule has 3 N–H and O–H groups in total. The van der Waals surface area contributed by atoms with E-state index in [2.05, 4.69) is 5.48 Å². The Kier molecular flexibility index (Phi) is 9.53. The Morgan fingerprint density at radius 2 is 1.88 bits per heavy atom. The third kappa shape index (κ3) is 7.18. The second kappa shape index (κ2) is 12.6. The molecular formula is C23H27ClN2O6S. The second-order valence-corrected chi connectivity index (χ2v) is 8.98. The number of thioether (sulfide) groups is 1.